The van der Waals surface area contributed by atoms with Gasteiger partial charge in [0.25, 0.3) is 0 Å². The molecule has 0 aromatic carbocycles. The second-order valence-electron chi connectivity index (χ2n) is 0.890. The topological polar surface area (TPSA) is 0 Å². The summed E-state index contributed by atoms with van der Waals surface area (Å²) >= 11 is 7.78. The molecule has 1 atom stereocenters. The highest BCUT2D eigenvalue weighted by Gasteiger charge is 1.82. The van der Waals surface area contributed by atoms with Crippen molar-refractivity contribution in [2.75, 3.05) is 0 Å². The van der Waals surface area contributed by atoms with Crippen molar-refractivity contribution in [2.24, 2.45) is 0 Å². The first kappa shape index (κ1) is 5.70. The van der Waals surface area contributed by atoms with Crippen molar-refractivity contribution in [1.82, 2.24) is 0 Å². The van der Waals surface area contributed by atoms with Crippen LogP contribution in [-0.2, 0) is 0 Å². The van der Waals surface area contributed by atoms with Crippen LogP contribution in [0.25, 0.3) is 0 Å². The summed E-state index contributed by atoms with van der Waals surface area (Å²) in [5.41, 5.74) is 0. The molecule has 0 aromatic rings. The zero-order valence-electron chi connectivity index (χ0n) is 3.05. The molecule has 1 unspecified atom stereocenters. The van der Waals surface area contributed by atoms with Gasteiger partial charge in [-0.3, -0.25) is 0 Å². The first-order chi connectivity index (χ1) is 2.27. The Kier molecular flexibility index (Phi) is 3.32. The van der Waals surface area contributed by atoms with E-state index in [0.29, 0.717) is 5.25 Å². The number of thiol groups is 2. The Morgan fingerprint density at radius 2 is 2.00 bits per heavy atom. The van der Waals surface area contributed by atoms with Gasteiger partial charge in [0.05, 0.1) is 0 Å². The molecule has 0 rings (SSSR count). The number of rotatable bonds is 1. The number of hydrogen-bond acceptors (Lipinski definition) is 2. The summed E-state index contributed by atoms with van der Waals surface area (Å²) in [6.45, 7) is 1.95. The summed E-state index contributed by atoms with van der Waals surface area (Å²) in [6, 6.07) is 0. The molecule has 0 aliphatic rings. The molecule has 0 heterocycles. The normalized spacial score (nSPS) is 15.0. The van der Waals surface area contributed by atoms with Crippen LogP contribution >= 0.6 is 25.3 Å². The lowest BCUT2D eigenvalue weighted by Crippen LogP contribution is -1.80. The van der Waals surface area contributed by atoms with Gasteiger partial charge >= 0.3 is 0 Å². The monoisotopic (exact) mass is 107 g/mol. The van der Waals surface area contributed by atoms with E-state index in [1.807, 2.05) is 6.92 Å². The average molecular weight is 107 g/mol. The smallest absolute Gasteiger partial charge is 0.0258 e. The van der Waals surface area contributed by atoms with E-state index >= 15 is 0 Å². The predicted octanol–water partition coefficient (Wildman–Crippen LogP) is 1.40. The van der Waals surface area contributed by atoms with E-state index in [1.165, 1.54) is 0 Å². The average Bonchev–Trinajstić information content (AvgIpc) is 1.38. The third-order valence-corrected chi connectivity index (χ3v) is 1.05. The van der Waals surface area contributed by atoms with Crippen LogP contribution < -0.4 is 0 Å². The quantitative estimate of drug-likeness (QED) is 0.465. The number of hydrogen-bond donors (Lipinski definition) is 2. The molecule has 0 amide bonds. The van der Waals surface area contributed by atoms with Crippen molar-refractivity contribution in [2.45, 2.75) is 12.2 Å². The summed E-state index contributed by atoms with van der Waals surface area (Å²) in [6.07, 6.45) is 0. The van der Waals surface area contributed by atoms with E-state index in [9.17, 15) is 0 Å². The van der Waals surface area contributed by atoms with Gasteiger partial charge < -0.3 is 0 Å². The molecule has 2 heteroatoms. The molecule has 0 bridgehead atoms. The van der Waals surface area contributed by atoms with Gasteiger partial charge in [-0.25, -0.2) is 0 Å². The lowest BCUT2D eigenvalue weighted by atomic mass is 10.6. The van der Waals surface area contributed by atoms with Gasteiger partial charge in [0.15, 0.2) is 0 Å². The largest absolute Gasteiger partial charge is 0.175 e. The molecule has 0 fully saturated rings. The van der Waals surface area contributed by atoms with Gasteiger partial charge in [-0.15, -0.1) is 0 Å². The third-order valence-electron chi connectivity index (χ3n) is 0.216. The van der Waals surface area contributed by atoms with Gasteiger partial charge in [-0.2, -0.15) is 25.3 Å². The zero-order chi connectivity index (χ0) is 4.28. The summed E-state index contributed by atoms with van der Waals surface area (Å²) in [5, 5.41) is 0.318. The van der Waals surface area contributed by atoms with Gasteiger partial charge in [-0.1, -0.05) is 6.92 Å². The fourth-order valence-electron chi connectivity index (χ4n) is 0. The van der Waals surface area contributed by atoms with Crippen LogP contribution in [0.15, 0.2) is 0 Å². The predicted molar refractivity (Wildman–Crippen MR) is 31.7 cm³/mol. The first-order valence-corrected chi connectivity index (χ1v) is 2.46. The Hall–Kier alpha value is 0.700. The highest BCUT2D eigenvalue weighted by molar-refractivity contribution is 7.86. The minimum Gasteiger partial charge on any atom is -0.175 e. The van der Waals surface area contributed by atoms with Crippen LogP contribution in [0.4, 0.5) is 0 Å². The molecule has 0 nitrogen and oxygen atoms in total. The van der Waals surface area contributed by atoms with Gasteiger partial charge in [-0.05, 0) is 0 Å². The molecule has 0 N–H and O–H groups in total. The molecular formula is C3H7S2. The van der Waals surface area contributed by atoms with E-state index in [-0.39, 0.29) is 0 Å². The van der Waals surface area contributed by atoms with Gasteiger partial charge in [0, 0.05) is 11.0 Å². The molecule has 0 saturated carbocycles. The van der Waals surface area contributed by atoms with E-state index in [2.05, 4.69) is 25.3 Å². The second-order valence-corrected chi connectivity index (χ2v) is 2.00. The van der Waals surface area contributed by atoms with Crippen molar-refractivity contribution in [3.05, 3.63) is 5.75 Å². The van der Waals surface area contributed by atoms with Crippen molar-refractivity contribution in [1.29, 1.82) is 0 Å². The van der Waals surface area contributed by atoms with Crippen molar-refractivity contribution >= 4 is 25.3 Å². The summed E-state index contributed by atoms with van der Waals surface area (Å²) in [7, 11) is 0. The zero-order valence-corrected chi connectivity index (χ0v) is 4.84. The molecule has 0 spiro atoms. The van der Waals surface area contributed by atoms with Crippen LogP contribution in [0.2, 0.25) is 0 Å². The maximum atomic E-state index is 3.97. The Morgan fingerprint density at radius 3 is 2.00 bits per heavy atom. The molecule has 0 aliphatic heterocycles. The lowest BCUT2D eigenvalue weighted by molar-refractivity contribution is 1.24. The van der Waals surface area contributed by atoms with E-state index in [0.717, 1.165) is 0 Å². The summed E-state index contributed by atoms with van der Waals surface area (Å²) in [5.74, 6) is 1.73. The first-order valence-electron chi connectivity index (χ1n) is 1.43. The molecule has 0 saturated heterocycles. The van der Waals surface area contributed by atoms with Gasteiger partial charge in [0.1, 0.15) is 0 Å². The highest BCUT2D eigenvalue weighted by Crippen LogP contribution is 1.98. The summed E-state index contributed by atoms with van der Waals surface area (Å²) < 4.78 is 0. The third kappa shape index (κ3) is 4.70. The molecule has 5 heavy (non-hydrogen) atoms. The Labute approximate surface area is 43.8 Å². The van der Waals surface area contributed by atoms with Crippen LogP contribution in [0.5, 0.6) is 0 Å². The molecule has 0 aliphatic carbocycles. The molecule has 1 radical (unpaired) electrons. The van der Waals surface area contributed by atoms with Crippen molar-refractivity contribution < 1.29 is 0 Å². The Morgan fingerprint density at radius 1 is 1.80 bits per heavy atom. The van der Waals surface area contributed by atoms with Crippen LogP contribution in [-0.4, -0.2) is 5.25 Å². The Balaban J connectivity index is 2.54. The minimum absolute atomic E-state index is 0.318. The molecule has 31 valence electrons. The van der Waals surface area contributed by atoms with Crippen LogP contribution in [0, 0.1) is 5.75 Å². The maximum Gasteiger partial charge on any atom is 0.0258 e. The Bertz CT molecular complexity index is 18.9. The second kappa shape index (κ2) is 2.91. The standard InChI is InChI=1S/C3H7S2/c1-3(5)2-4/h2-5H,1H3. The van der Waals surface area contributed by atoms with E-state index < -0.39 is 0 Å². The van der Waals surface area contributed by atoms with Crippen LogP contribution in [0.1, 0.15) is 6.92 Å². The SMILES string of the molecule is CC(S)[CH]S. The van der Waals surface area contributed by atoms with Crippen molar-refractivity contribution in [3.63, 3.8) is 0 Å². The highest BCUT2D eigenvalue weighted by atomic mass is 32.1. The van der Waals surface area contributed by atoms with E-state index in [4.69, 9.17) is 0 Å². The van der Waals surface area contributed by atoms with Gasteiger partial charge in [0.2, 0.25) is 0 Å². The van der Waals surface area contributed by atoms with Crippen LogP contribution in [0.3, 0.4) is 0 Å². The maximum absolute atomic E-state index is 3.97. The summed E-state index contributed by atoms with van der Waals surface area (Å²) in [4.78, 5) is 0. The lowest BCUT2D eigenvalue weighted by Gasteiger charge is -1.88. The van der Waals surface area contributed by atoms with E-state index in [1.54, 1.807) is 5.75 Å². The molecular weight excluding hydrogens is 100 g/mol. The molecule has 0 aromatic heterocycles. The fourth-order valence-corrected chi connectivity index (χ4v) is 0. The minimum atomic E-state index is 0.318. The fraction of sp³-hybridized carbons (Fsp3) is 0.667. The van der Waals surface area contributed by atoms with Crippen molar-refractivity contribution in [3.8, 4) is 0 Å².